The molecular formula is C92H84BN3OS. The summed E-state index contributed by atoms with van der Waals surface area (Å²) in [4.78, 5) is 5.13. The molecule has 0 saturated heterocycles. The Morgan fingerprint density at radius 2 is 0.806 bits per heavy atom. The molecule has 0 atom stereocenters. The van der Waals surface area contributed by atoms with Gasteiger partial charge in [-0.2, -0.15) is 0 Å². The Kier molecular flexibility index (Phi) is 13.8. The predicted octanol–water partition coefficient (Wildman–Crippen LogP) is 24.0. The molecule has 5 heterocycles. The fraction of sp³-hybridized carbons (Fsp3) is 0.217. The second-order valence-corrected chi connectivity index (χ2v) is 34.1. The van der Waals surface area contributed by atoms with E-state index in [-0.39, 0.29) is 33.8 Å². The fourth-order valence-electron chi connectivity index (χ4n) is 15.8. The first-order chi connectivity index (χ1) is 46.7. The number of fused-ring (bicyclic) bond motifs is 13. The molecule has 98 heavy (non-hydrogen) atoms. The highest BCUT2D eigenvalue weighted by Gasteiger charge is 2.44. The van der Waals surface area contributed by atoms with Gasteiger partial charge in [0.05, 0.1) is 38.8 Å². The number of furan rings is 1. The second-order valence-electron chi connectivity index (χ2n) is 33.0. The molecule has 482 valence electrons. The molecule has 2 aliphatic rings. The molecule has 17 rings (SSSR count). The molecule has 0 N–H and O–H groups in total. The van der Waals surface area contributed by atoms with Crippen molar-refractivity contribution in [2.45, 2.75) is 141 Å². The topological polar surface area (TPSA) is 26.2 Å². The molecule has 15 aromatic rings. The molecule has 0 spiro atoms. The minimum Gasteiger partial charge on any atom is -0.456 e. The molecule has 0 fully saturated rings. The van der Waals surface area contributed by atoms with Gasteiger partial charge in [-0.15, -0.1) is 0 Å². The van der Waals surface area contributed by atoms with Crippen molar-refractivity contribution in [2.24, 2.45) is 0 Å². The Bertz CT molecular complexity index is 5650. The minimum absolute atomic E-state index is 0.0131. The van der Waals surface area contributed by atoms with E-state index in [0.29, 0.717) is 0 Å². The molecule has 0 bridgehead atoms. The summed E-state index contributed by atoms with van der Waals surface area (Å²) in [5.74, 6) is 0. The fourth-order valence-corrected chi connectivity index (χ4v) is 17.1. The minimum atomic E-state index is -0.233. The Morgan fingerprint density at radius 3 is 1.35 bits per heavy atom. The average Bonchev–Trinajstić information content (AvgIpc) is 1.28. The summed E-state index contributed by atoms with van der Waals surface area (Å²) >= 11 is 1.95. The monoisotopic (exact) mass is 1290 g/mol. The number of aromatic nitrogens is 2. The maximum atomic E-state index is 6.96. The smallest absolute Gasteiger partial charge is 0.249 e. The van der Waals surface area contributed by atoms with Crippen molar-refractivity contribution in [1.29, 1.82) is 0 Å². The van der Waals surface area contributed by atoms with E-state index in [0.717, 1.165) is 55.8 Å². The van der Waals surface area contributed by atoms with Gasteiger partial charge in [-0.1, -0.05) is 261 Å². The molecular weight excluding hydrogens is 1210 g/mol. The van der Waals surface area contributed by atoms with Gasteiger partial charge in [0.25, 0.3) is 0 Å². The van der Waals surface area contributed by atoms with E-state index >= 15 is 0 Å². The highest BCUT2D eigenvalue weighted by Crippen LogP contribution is 2.53. The van der Waals surface area contributed by atoms with Crippen LogP contribution in [0.4, 0.5) is 17.1 Å². The van der Waals surface area contributed by atoms with Crippen molar-refractivity contribution < 1.29 is 4.42 Å². The van der Waals surface area contributed by atoms with Crippen molar-refractivity contribution in [3.63, 3.8) is 0 Å². The van der Waals surface area contributed by atoms with E-state index in [1.165, 1.54) is 126 Å². The highest BCUT2D eigenvalue weighted by molar-refractivity contribution is 8.00. The van der Waals surface area contributed by atoms with Crippen LogP contribution in [0.2, 0.25) is 0 Å². The molecule has 0 radical (unpaired) electrons. The summed E-state index contributed by atoms with van der Waals surface area (Å²) < 4.78 is 12.2. The highest BCUT2D eigenvalue weighted by atomic mass is 32.2. The number of anilines is 3. The zero-order valence-electron chi connectivity index (χ0n) is 59.3. The Balaban J connectivity index is 1.05. The van der Waals surface area contributed by atoms with Crippen LogP contribution in [0, 0.1) is 0 Å². The molecule has 4 nitrogen and oxygen atoms in total. The summed E-state index contributed by atoms with van der Waals surface area (Å²) in [6.45, 7) is 34.8. The normalized spacial score (nSPS) is 13.6. The van der Waals surface area contributed by atoms with Gasteiger partial charge in [-0.3, -0.25) is 0 Å². The average molecular weight is 1290 g/mol. The summed E-state index contributed by atoms with van der Waals surface area (Å²) in [5, 5.41) is 7.25. The summed E-state index contributed by atoms with van der Waals surface area (Å²) in [7, 11) is 0. The van der Waals surface area contributed by atoms with Crippen molar-refractivity contribution >= 4 is 117 Å². The number of benzene rings is 12. The summed E-state index contributed by atoms with van der Waals surface area (Å²) in [6.07, 6.45) is 0. The van der Waals surface area contributed by atoms with Crippen LogP contribution in [0.5, 0.6) is 0 Å². The van der Waals surface area contributed by atoms with Gasteiger partial charge in [0.1, 0.15) is 11.2 Å². The third-order valence-corrected chi connectivity index (χ3v) is 22.6. The van der Waals surface area contributed by atoms with E-state index < -0.39 is 0 Å². The number of rotatable bonds is 6. The molecule has 0 saturated carbocycles. The Labute approximate surface area is 582 Å². The number of hydrogen-bond acceptors (Lipinski definition) is 3. The van der Waals surface area contributed by atoms with Crippen LogP contribution in [0.3, 0.4) is 0 Å². The standard InChI is InChI=1S/C92H84BN3OS/c1-88(2,3)60-33-30-56(31-34-60)59-47-79-85-83(48-59)98-87-73(93(85)72-46-58(55-24-18-16-19-25-55)32-40-78(72)96(79)86-66(57-26-20-17-21-27-57)39-45-82-84(86)67-28-22-23-29-81(67)97-82)53-65(94-74-41-35-61(89(4,5)6)49-68(74)69-50-62(90(7,8)9)36-42-75(69)94)54-80(87)95-76-43-37-63(91(10,11)12)51-70(76)71-52-64(92(13,14)15)38-44-77(71)95/h16-54H,1-15H3. The lowest BCUT2D eigenvalue weighted by molar-refractivity contribution is 0.590. The van der Waals surface area contributed by atoms with Gasteiger partial charge in [-0.05, 0) is 191 Å². The molecule has 3 aromatic heterocycles. The maximum Gasteiger partial charge on any atom is 0.249 e. The van der Waals surface area contributed by atoms with Crippen LogP contribution in [0.15, 0.2) is 251 Å². The molecule has 6 heteroatoms. The van der Waals surface area contributed by atoms with E-state index in [2.05, 4.69) is 354 Å². The third kappa shape index (κ3) is 9.93. The molecule has 0 unspecified atom stereocenters. The molecule has 2 aliphatic heterocycles. The van der Waals surface area contributed by atoms with Gasteiger partial charge in [0, 0.05) is 59.3 Å². The van der Waals surface area contributed by atoms with Crippen molar-refractivity contribution in [3.05, 3.63) is 264 Å². The third-order valence-electron chi connectivity index (χ3n) is 21.3. The van der Waals surface area contributed by atoms with Gasteiger partial charge in [0.15, 0.2) is 0 Å². The zero-order valence-corrected chi connectivity index (χ0v) is 60.1. The van der Waals surface area contributed by atoms with Crippen LogP contribution < -0.4 is 21.3 Å². The molecule has 0 aliphatic carbocycles. The zero-order chi connectivity index (χ0) is 67.9. The Morgan fingerprint density at radius 1 is 0.327 bits per heavy atom. The van der Waals surface area contributed by atoms with E-state index in [1.54, 1.807) is 0 Å². The largest absolute Gasteiger partial charge is 0.456 e. The second kappa shape index (κ2) is 21.9. The van der Waals surface area contributed by atoms with Crippen molar-refractivity contribution in [2.75, 3.05) is 4.90 Å². The maximum absolute atomic E-state index is 6.96. The molecule has 12 aromatic carbocycles. The van der Waals surface area contributed by atoms with Gasteiger partial charge in [-0.25, -0.2) is 0 Å². The Hall–Kier alpha value is -9.75. The lowest BCUT2D eigenvalue weighted by Crippen LogP contribution is -2.60. The van der Waals surface area contributed by atoms with Crippen LogP contribution in [0.1, 0.15) is 132 Å². The number of para-hydroxylation sites is 1. The van der Waals surface area contributed by atoms with Crippen LogP contribution in [-0.4, -0.2) is 15.8 Å². The first-order valence-electron chi connectivity index (χ1n) is 35.1. The quantitative estimate of drug-likeness (QED) is 0.155. The first-order valence-corrected chi connectivity index (χ1v) is 35.9. The van der Waals surface area contributed by atoms with Gasteiger partial charge < -0.3 is 18.5 Å². The van der Waals surface area contributed by atoms with Crippen LogP contribution in [-0.2, 0) is 27.1 Å². The van der Waals surface area contributed by atoms with E-state index in [4.69, 9.17) is 4.42 Å². The number of hydrogen-bond donors (Lipinski definition) is 0. The van der Waals surface area contributed by atoms with Crippen molar-refractivity contribution in [1.82, 2.24) is 9.13 Å². The summed E-state index contributed by atoms with van der Waals surface area (Å²) in [6, 6.07) is 91.3. The number of nitrogens with zero attached hydrogens (tertiary/aromatic N) is 3. The van der Waals surface area contributed by atoms with E-state index in [9.17, 15) is 0 Å². The molecule has 0 amide bonds. The SMILES string of the molecule is CC(C)(C)c1ccc(-c2cc3c4c(c2)N(c2c(-c5ccccc5)ccc5oc6ccccc6c25)c2ccc(-c5ccccc5)cc2B4c2cc(-n4c5ccc(C(C)(C)C)cc5c5cc(C(C)(C)C)ccc54)cc(-n4c5ccc(C(C)(C)C)cc5c5cc(C(C)(C)C)ccc54)c2S3)cc1. The van der Waals surface area contributed by atoms with Crippen molar-refractivity contribution in [3.8, 4) is 44.8 Å². The van der Waals surface area contributed by atoms with Gasteiger partial charge >= 0.3 is 0 Å². The van der Waals surface area contributed by atoms with Crippen LogP contribution in [0.25, 0.3) is 110 Å². The van der Waals surface area contributed by atoms with E-state index in [1.807, 2.05) is 11.8 Å². The first kappa shape index (κ1) is 61.8. The lowest BCUT2D eigenvalue weighted by atomic mass is 9.34. The van der Waals surface area contributed by atoms with Crippen LogP contribution >= 0.6 is 11.8 Å². The predicted molar refractivity (Wildman–Crippen MR) is 422 cm³/mol. The summed E-state index contributed by atoms with van der Waals surface area (Å²) in [5.41, 5.74) is 29.3. The van der Waals surface area contributed by atoms with Gasteiger partial charge in [0.2, 0.25) is 6.71 Å². The lowest BCUT2D eigenvalue weighted by Gasteiger charge is -2.42.